The van der Waals surface area contributed by atoms with Crippen molar-refractivity contribution in [2.75, 3.05) is 19.7 Å². The third kappa shape index (κ3) is 5.12. The monoisotopic (exact) mass is 289 g/mol. The summed E-state index contributed by atoms with van der Waals surface area (Å²) in [5.41, 5.74) is 2.45. The second-order valence-electron chi connectivity index (χ2n) is 4.16. The molecule has 0 aliphatic rings. The van der Waals surface area contributed by atoms with Crippen LogP contribution in [0.3, 0.4) is 0 Å². The van der Waals surface area contributed by atoms with Crippen molar-refractivity contribution in [1.82, 2.24) is 10.3 Å². The average Bonchev–Trinajstić information content (AvgIpc) is 2.52. The van der Waals surface area contributed by atoms with E-state index in [1.54, 1.807) is 41.3 Å². The van der Waals surface area contributed by atoms with Gasteiger partial charge in [-0.25, -0.2) is 5.84 Å². The van der Waals surface area contributed by atoms with Gasteiger partial charge in [0.2, 0.25) is 0 Å². The molecule has 0 fully saturated rings. The topological polar surface area (TPSA) is 84.7 Å². The first-order valence-corrected chi connectivity index (χ1v) is 6.35. The van der Waals surface area contributed by atoms with Crippen LogP contribution in [-0.4, -0.2) is 36.4 Å². The van der Waals surface area contributed by atoms with Crippen molar-refractivity contribution in [3.8, 4) is 5.75 Å². The Balaban J connectivity index is 2.57. The normalized spacial score (nSPS) is 9.57. The van der Waals surface area contributed by atoms with Gasteiger partial charge in [0.25, 0.3) is 11.8 Å². The average molecular weight is 289 g/mol. The van der Waals surface area contributed by atoms with Gasteiger partial charge >= 0.3 is 0 Å². The van der Waals surface area contributed by atoms with E-state index >= 15 is 0 Å². The maximum atomic E-state index is 11.9. The van der Waals surface area contributed by atoms with Crippen LogP contribution in [0.4, 0.5) is 0 Å². The van der Waals surface area contributed by atoms with Gasteiger partial charge in [-0.1, -0.05) is 12.2 Å². The maximum Gasteiger partial charge on any atom is 0.265 e. The summed E-state index contributed by atoms with van der Waals surface area (Å²) in [4.78, 5) is 24.8. The van der Waals surface area contributed by atoms with Gasteiger partial charge in [-0.15, -0.1) is 13.2 Å². The van der Waals surface area contributed by atoms with Crippen molar-refractivity contribution in [2.45, 2.75) is 0 Å². The van der Waals surface area contributed by atoms with Crippen LogP contribution in [0.5, 0.6) is 5.75 Å². The van der Waals surface area contributed by atoms with E-state index in [-0.39, 0.29) is 18.4 Å². The highest BCUT2D eigenvalue weighted by molar-refractivity contribution is 5.93. The number of rotatable bonds is 8. The molecule has 0 atom stereocenters. The minimum atomic E-state index is -0.388. The summed E-state index contributed by atoms with van der Waals surface area (Å²) < 4.78 is 5.39. The number of hydrogen-bond acceptors (Lipinski definition) is 4. The van der Waals surface area contributed by atoms with E-state index in [0.717, 1.165) is 0 Å². The van der Waals surface area contributed by atoms with E-state index in [0.29, 0.717) is 24.4 Å². The molecule has 0 saturated carbocycles. The van der Waals surface area contributed by atoms with Crippen LogP contribution in [-0.2, 0) is 4.79 Å². The largest absolute Gasteiger partial charge is 0.484 e. The predicted octanol–water partition coefficient (Wildman–Crippen LogP) is 0.870. The summed E-state index contributed by atoms with van der Waals surface area (Å²) in [6.07, 6.45) is 3.28. The van der Waals surface area contributed by atoms with Gasteiger partial charge in [0.05, 0.1) is 0 Å². The molecule has 0 spiro atoms. The maximum absolute atomic E-state index is 11.9. The minimum absolute atomic E-state index is 0.0931. The summed E-state index contributed by atoms with van der Waals surface area (Å²) >= 11 is 0. The Morgan fingerprint density at radius 1 is 1.19 bits per heavy atom. The SMILES string of the molecule is C=CCN(CC=C)C(=O)COc1ccc(C(=O)NN)cc1. The molecule has 6 heteroatoms. The van der Waals surface area contributed by atoms with Crippen molar-refractivity contribution in [3.63, 3.8) is 0 Å². The molecule has 0 heterocycles. The molecular formula is C15H19N3O3. The minimum Gasteiger partial charge on any atom is -0.484 e. The zero-order chi connectivity index (χ0) is 15.7. The molecule has 1 rings (SSSR count). The van der Waals surface area contributed by atoms with Gasteiger partial charge < -0.3 is 9.64 Å². The Kier molecular flexibility index (Phi) is 6.70. The van der Waals surface area contributed by atoms with Crippen molar-refractivity contribution in [3.05, 3.63) is 55.1 Å². The summed E-state index contributed by atoms with van der Waals surface area (Å²) in [7, 11) is 0. The Labute approximate surface area is 123 Å². The summed E-state index contributed by atoms with van der Waals surface area (Å²) in [6, 6.07) is 6.33. The lowest BCUT2D eigenvalue weighted by Gasteiger charge is -2.19. The molecule has 0 radical (unpaired) electrons. The van der Waals surface area contributed by atoms with Crippen molar-refractivity contribution >= 4 is 11.8 Å². The molecule has 0 unspecified atom stereocenters. The predicted molar refractivity (Wildman–Crippen MR) is 80.6 cm³/mol. The van der Waals surface area contributed by atoms with E-state index in [4.69, 9.17) is 10.6 Å². The highest BCUT2D eigenvalue weighted by Gasteiger charge is 2.11. The van der Waals surface area contributed by atoms with Gasteiger partial charge in [-0.2, -0.15) is 0 Å². The highest BCUT2D eigenvalue weighted by Crippen LogP contribution is 2.12. The van der Waals surface area contributed by atoms with Crippen LogP contribution in [0, 0.1) is 0 Å². The molecular weight excluding hydrogens is 270 g/mol. The molecule has 6 nitrogen and oxygen atoms in total. The molecule has 0 aromatic heterocycles. The first-order valence-electron chi connectivity index (χ1n) is 6.35. The van der Waals surface area contributed by atoms with Crippen molar-refractivity contribution in [1.29, 1.82) is 0 Å². The van der Waals surface area contributed by atoms with Crippen molar-refractivity contribution < 1.29 is 14.3 Å². The molecule has 2 amide bonds. The molecule has 21 heavy (non-hydrogen) atoms. The third-order valence-corrected chi connectivity index (χ3v) is 2.66. The van der Waals surface area contributed by atoms with E-state index < -0.39 is 0 Å². The molecule has 1 aromatic rings. The molecule has 3 N–H and O–H groups in total. The fraction of sp³-hybridized carbons (Fsp3) is 0.200. The molecule has 112 valence electrons. The number of nitrogens with one attached hydrogen (secondary N) is 1. The molecule has 1 aromatic carbocycles. The van der Waals surface area contributed by atoms with Crippen LogP contribution >= 0.6 is 0 Å². The van der Waals surface area contributed by atoms with E-state index in [2.05, 4.69) is 13.2 Å². The summed E-state index contributed by atoms with van der Waals surface area (Å²) in [5.74, 6) is 4.97. The first-order chi connectivity index (χ1) is 10.1. The van der Waals surface area contributed by atoms with Gasteiger partial charge in [0, 0.05) is 18.7 Å². The highest BCUT2D eigenvalue weighted by atomic mass is 16.5. The Morgan fingerprint density at radius 3 is 2.24 bits per heavy atom. The number of hydrogen-bond donors (Lipinski definition) is 2. The van der Waals surface area contributed by atoms with Crippen LogP contribution in [0.1, 0.15) is 10.4 Å². The number of amides is 2. The smallest absolute Gasteiger partial charge is 0.265 e. The third-order valence-electron chi connectivity index (χ3n) is 2.66. The second-order valence-corrected chi connectivity index (χ2v) is 4.16. The fourth-order valence-corrected chi connectivity index (χ4v) is 1.61. The van der Waals surface area contributed by atoms with Gasteiger partial charge in [0.15, 0.2) is 6.61 Å². The number of ether oxygens (including phenoxy) is 1. The fourth-order valence-electron chi connectivity index (χ4n) is 1.61. The Hall–Kier alpha value is -2.60. The van der Waals surface area contributed by atoms with Crippen LogP contribution in [0.15, 0.2) is 49.6 Å². The number of nitrogens with two attached hydrogens (primary N) is 1. The number of hydrazine groups is 1. The van der Waals surface area contributed by atoms with Crippen LogP contribution in [0.2, 0.25) is 0 Å². The zero-order valence-corrected chi connectivity index (χ0v) is 11.7. The number of carbonyl (C=O) groups is 2. The lowest BCUT2D eigenvalue weighted by molar-refractivity contribution is -0.132. The van der Waals surface area contributed by atoms with E-state index in [9.17, 15) is 9.59 Å². The Morgan fingerprint density at radius 2 is 1.76 bits per heavy atom. The molecule has 0 aliphatic heterocycles. The molecule has 0 aliphatic carbocycles. The molecule has 0 saturated heterocycles. The Bertz CT molecular complexity index is 501. The van der Waals surface area contributed by atoms with Crippen LogP contribution in [0.25, 0.3) is 0 Å². The number of benzene rings is 1. The number of nitrogen functional groups attached to an aromatic ring is 1. The second kappa shape index (κ2) is 8.55. The van der Waals surface area contributed by atoms with Gasteiger partial charge in [0.1, 0.15) is 5.75 Å². The van der Waals surface area contributed by atoms with Crippen LogP contribution < -0.4 is 16.0 Å². The lowest BCUT2D eigenvalue weighted by Crippen LogP contribution is -2.35. The van der Waals surface area contributed by atoms with Gasteiger partial charge in [-0.3, -0.25) is 15.0 Å². The summed E-state index contributed by atoms with van der Waals surface area (Å²) in [6.45, 7) is 7.98. The van der Waals surface area contributed by atoms with E-state index in [1.807, 2.05) is 5.43 Å². The standard InChI is InChI=1S/C15H19N3O3/c1-3-9-18(10-4-2)14(19)11-21-13-7-5-12(6-8-13)15(20)17-16/h3-8H,1-2,9-11,16H2,(H,17,20). The van der Waals surface area contributed by atoms with Crippen molar-refractivity contribution in [2.24, 2.45) is 5.84 Å². The number of nitrogens with zero attached hydrogens (tertiary/aromatic N) is 1. The quantitative estimate of drug-likeness (QED) is 0.322. The van der Waals surface area contributed by atoms with E-state index in [1.165, 1.54) is 0 Å². The number of carbonyl (C=O) groups excluding carboxylic acids is 2. The van der Waals surface area contributed by atoms with Gasteiger partial charge in [-0.05, 0) is 24.3 Å². The zero-order valence-electron chi connectivity index (χ0n) is 11.7. The molecule has 0 bridgehead atoms. The first kappa shape index (κ1) is 16.5. The summed E-state index contributed by atoms with van der Waals surface area (Å²) in [5, 5.41) is 0. The lowest BCUT2D eigenvalue weighted by atomic mass is 10.2.